The molecule has 0 fully saturated rings. The number of benzene rings is 2. The first kappa shape index (κ1) is 10.2. The first-order valence-electron chi connectivity index (χ1n) is 5.62. The van der Waals surface area contributed by atoms with Gasteiger partial charge in [-0.25, -0.2) is 0 Å². The number of fused-ring (bicyclic) bond motifs is 1. The van der Waals surface area contributed by atoms with Crippen LogP contribution in [0.4, 0.5) is 0 Å². The van der Waals surface area contributed by atoms with Crippen LogP contribution >= 0.6 is 0 Å². The van der Waals surface area contributed by atoms with Gasteiger partial charge in [-0.3, -0.25) is 4.79 Å². The van der Waals surface area contributed by atoms with Crippen molar-refractivity contribution in [2.45, 2.75) is 12.0 Å². The second-order valence-corrected chi connectivity index (χ2v) is 4.33. The van der Waals surface area contributed by atoms with Crippen molar-refractivity contribution in [1.82, 2.24) is 0 Å². The molecule has 0 amide bonds. The molecular formula is C15H12O2. The summed E-state index contributed by atoms with van der Waals surface area (Å²) >= 11 is 0. The lowest BCUT2D eigenvalue weighted by molar-refractivity contribution is -0.131. The molecule has 0 bridgehead atoms. The van der Waals surface area contributed by atoms with Gasteiger partial charge in [0.2, 0.25) is 0 Å². The number of carbonyl (C=O) groups excluding carboxylic acids is 1. The molecule has 1 atom stereocenters. The molecule has 17 heavy (non-hydrogen) atoms. The van der Waals surface area contributed by atoms with Crippen LogP contribution in [-0.4, -0.2) is 10.9 Å². The molecule has 84 valence electrons. The van der Waals surface area contributed by atoms with Crippen molar-refractivity contribution in [3.63, 3.8) is 0 Å². The Morgan fingerprint density at radius 1 is 0.941 bits per heavy atom. The zero-order valence-corrected chi connectivity index (χ0v) is 9.26. The number of rotatable bonds is 1. The zero-order valence-electron chi connectivity index (χ0n) is 9.26. The van der Waals surface area contributed by atoms with Crippen LogP contribution in [0.2, 0.25) is 0 Å². The molecule has 2 nitrogen and oxygen atoms in total. The van der Waals surface area contributed by atoms with Gasteiger partial charge < -0.3 is 5.11 Å². The number of Topliss-reactive ketones (excluding diaryl/α,β-unsaturated/α-hetero) is 1. The number of ketones is 1. The first-order chi connectivity index (χ1) is 8.23. The van der Waals surface area contributed by atoms with Crippen molar-refractivity contribution in [2.24, 2.45) is 0 Å². The van der Waals surface area contributed by atoms with Crippen LogP contribution < -0.4 is 0 Å². The van der Waals surface area contributed by atoms with Crippen LogP contribution in [0.25, 0.3) is 0 Å². The highest BCUT2D eigenvalue weighted by molar-refractivity contribution is 5.97. The van der Waals surface area contributed by atoms with Gasteiger partial charge in [0.25, 0.3) is 0 Å². The molecule has 0 saturated heterocycles. The van der Waals surface area contributed by atoms with Crippen LogP contribution in [0.3, 0.4) is 0 Å². The maximum absolute atomic E-state index is 12.1. The van der Waals surface area contributed by atoms with Crippen LogP contribution in [0.1, 0.15) is 16.7 Å². The van der Waals surface area contributed by atoms with E-state index in [4.69, 9.17) is 0 Å². The topological polar surface area (TPSA) is 37.3 Å². The molecule has 1 N–H and O–H groups in total. The van der Waals surface area contributed by atoms with Gasteiger partial charge in [0.15, 0.2) is 11.4 Å². The summed E-state index contributed by atoms with van der Waals surface area (Å²) in [6.07, 6.45) is 0.307. The third kappa shape index (κ3) is 1.34. The third-order valence-corrected chi connectivity index (χ3v) is 3.35. The fourth-order valence-corrected chi connectivity index (χ4v) is 2.47. The maximum atomic E-state index is 12.1. The van der Waals surface area contributed by atoms with Gasteiger partial charge in [-0.1, -0.05) is 54.6 Å². The molecule has 0 aliphatic heterocycles. The predicted molar refractivity (Wildman–Crippen MR) is 64.6 cm³/mol. The Balaban J connectivity index is 2.24. The fourth-order valence-electron chi connectivity index (χ4n) is 2.47. The van der Waals surface area contributed by atoms with Gasteiger partial charge in [0.1, 0.15) is 0 Å². The Hall–Kier alpha value is -1.93. The lowest BCUT2D eigenvalue weighted by atomic mass is 9.87. The average Bonchev–Trinajstić information content (AvgIpc) is 2.64. The molecular weight excluding hydrogens is 212 g/mol. The third-order valence-electron chi connectivity index (χ3n) is 3.35. The Morgan fingerprint density at radius 2 is 1.59 bits per heavy atom. The van der Waals surface area contributed by atoms with Crippen molar-refractivity contribution in [3.05, 3.63) is 71.3 Å². The Bertz CT molecular complexity index is 574. The minimum Gasteiger partial charge on any atom is -0.373 e. The van der Waals surface area contributed by atoms with Crippen molar-refractivity contribution >= 4 is 5.78 Å². The number of hydrogen-bond acceptors (Lipinski definition) is 2. The van der Waals surface area contributed by atoms with Gasteiger partial charge >= 0.3 is 0 Å². The minimum atomic E-state index is -1.46. The summed E-state index contributed by atoms with van der Waals surface area (Å²) in [5, 5.41) is 10.7. The maximum Gasteiger partial charge on any atom is 0.177 e. The highest BCUT2D eigenvalue weighted by atomic mass is 16.3. The smallest absolute Gasteiger partial charge is 0.177 e. The van der Waals surface area contributed by atoms with Crippen LogP contribution in [0.15, 0.2) is 54.6 Å². The van der Waals surface area contributed by atoms with E-state index in [1.54, 1.807) is 12.1 Å². The molecule has 1 aliphatic carbocycles. The quantitative estimate of drug-likeness (QED) is 0.805. The van der Waals surface area contributed by atoms with E-state index in [-0.39, 0.29) is 5.78 Å². The minimum absolute atomic E-state index is 0.148. The normalized spacial score (nSPS) is 22.5. The SMILES string of the molecule is O=C1Cc2ccccc2C1(O)c1ccccc1. The molecule has 3 rings (SSSR count). The molecule has 0 radical (unpaired) electrons. The first-order valence-corrected chi connectivity index (χ1v) is 5.62. The predicted octanol–water partition coefficient (Wildman–Crippen LogP) is 2.05. The Labute approximate surface area is 99.5 Å². The van der Waals surface area contributed by atoms with Crippen LogP contribution in [-0.2, 0) is 16.8 Å². The van der Waals surface area contributed by atoms with Gasteiger partial charge in [0.05, 0.1) is 0 Å². The summed E-state index contributed by atoms with van der Waals surface area (Å²) < 4.78 is 0. The Morgan fingerprint density at radius 3 is 2.35 bits per heavy atom. The van der Waals surface area contributed by atoms with E-state index in [2.05, 4.69) is 0 Å². The van der Waals surface area contributed by atoms with Crippen LogP contribution in [0.5, 0.6) is 0 Å². The molecule has 1 aliphatic rings. The number of carbonyl (C=O) groups is 1. The molecule has 1 unspecified atom stereocenters. The van der Waals surface area contributed by atoms with E-state index in [0.717, 1.165) is 11.1 Å². The van der Waals surface area contributed by atoms with Crippen molar-refractivity contribution in [1.29, 1.82) is 0 Å². The molecule has 0 saturated carbocycles. The summed E-state index contributed by atoms with van der Waals surface area (Å²) in [6, 6.07) is 16.6. The van der Waals surface area contributed by atoms with E-state index < -0.39 is 5.60 Å². The van der Waals surface area contributed by atoms with E-state index >= 15 is 0 Å². The molecule has 2 aromatic rings. The number of aliphatic hydroxyl groups is 1. The van der Waals surface area contributed by atoms with E-state index in [9.17, 15) is 9.90 Å². The van der Waals surface area contributed by atoms with Gasteiger partial charge in [-0.05, 0) is 16.7 Å². The van der Waals surface area contributed by atoms with Crippen molar-refractivity contribution in [2.75, 3.05) is 0 Å². The highest BCUT2D eigenvalue weighted by Gasteiger charge is 2.45. The largest absolute Gasteiger partial charge is 0.373 e. The molecule has 2 heteroatoms. The van der Waals surface area contributed by atoms with Gasteiger partial charge in [-0.2, -0.15) is 0 Å². The standard InChI is InChI=1S/C15H12O2/c16-14-10-11-6-4-5-9-13(11)15(14,17)12-7-2-1-3-8-12/h1-9,17H,10H2. The van der Waals surface area contributed by atoms with E-state index in [0.29, 0.717) is 12.0 Å². The van der Waals surface area contributed by atoms with Crippen molar-refractivity contribution < 1.29 is 9.90 Å². The molecule has 0 aromatic heterocycles. The summed E-state index contributed by atoms with van der Waals surface area (Å²) in [5.74, 6) is -0.148. The van der Waals surface area contributed by atoms with E-state index in [1.807, 2.05) is 42.5 Å². The lowest BCUT2D eigenvalue weighted by Gasteiger charge is -2.22. The monoisotopic (exact) mass is 224 g/mol. The van der Waals surface area contributed by atoms with Gasteiger partial charge in [0, 0.05) is 6.42 Å². The van der Waals surface area contributed by atoms with Crippen molar-refractivity contribution in [3.8, 4) is 0 Å². The second-order valence-electron chi connectivity index (χ2n) is 4.33. The Kier molecular flexibility index (Phi) is 2.13. The summed E-state index contributed by atoms with van der Waals surface area (Å²) in [7, 11) is 0. The molecule has 0 heterocycles. The lowest BCUT2D eigenvalue weighted by Crippen LogP contribution is -2.32. The van der Waals surface area contributed by atoms with Crippen LogP contribution in [0, 0.1) is 0 Å². The summed E-state index contributed by atoms with van der Waals surface area (Å²) in [4.78, 5) is 12.1. The van der Waals surface area contributed by atoms with E-state index in [1.165, 1.54) is 0 Å². The molecule has 2 aromatic carbocycles. The average molecular weight is 224 g/mol. The fraction of sp³-hybridized carbons (Fsp3) is 0.133. The summed E-state index contributed by atoms with van der Waals surface area (Å²) in [6.45, 7) is 0. The van der Waals surface area contributed by atoms with Gasteiger partial charge in [-0.15, -0.1) is 0 Å². The number of hydrogen-bond donors (Lipinski definition) is 1. The zero-order chi connectivity index (χ0) is 11.9. The summed E-state index contributed by atoms with van der Waals surface area (Å²) in [5.41, 5.74) is 0.827. The molecule has 0 spiro atoms. The highest BCUT2D eigenvalue weighted by Crippen LogP contribution is 2.39. The second kappa shape index (κ2) is 3.54.